The van der Waals surface area contributed by atoms with Crippen LogP contribution < -0.4 is 0 Å². The zero-order chi connectivity index (χ0) is 15.5. The number of amides is 1. The highest BCUT2D eigenvalue weighted by molar-refractivity contribution is 5.87. The van der Waals surface area contributed by atoms with E-state index in [9.17, 15) is 9.90 Å². The summed E-state index contributed by atoms with van der Waals surface area (Å²) in [7, 11) is 0. The minimum absolute atomic E-state index is 0.131. The third kappa shape index (κ3) is 3.28. The van der Waals surface area contributed by atoms with Crippen LogP contribution in [0.15, 0.2) is 24.3 Å². The van der Waals surface area contributed by atoms with Gasteiger partial charge in [-0.1, -0.05) is 18.2 Å². The molecule has 0 bridgehead atoms. The zero-order valence-corrected chi connectivity index (χ0v) is 12.8. The number of fused-ring (bicyclic) bond motifs is 1. The predicted octanol–water partition coefficient (Wildman–Crippen LogP) is 0.630. The molecule has 3 rings (SSSR count). The van der Waals surface area contributed by atoms with Gasteiger partial charge in [0.25, 0.3) is 0 Å². The number of nitrogens with one attached hydrogen (secondary N) is 1. The molecule has 1 aliphatic heterocycles. The average Bonchev–Trinajstić information content (AvgIpc) is 2.91. The number of nitrogens with zero attached hydrogens (tertiary/aromatic N) is 3. The van der Waals surface area contributed by atoms with E-state index in [0.717, 1.165) is 42.8 Å². The monoisotopic (exact) mass is 302 g/mol. The van der Waals surface area contributed by atoms with E-state index in [0.29, 0.717) is 13.0 Å². The van der Waals surface area contributed by atoms with Crippen LogP contribution in [0.4, 0.5) is 0 Å². The summed E-state index contributed by atoms with van der Waals surface area (Å²) in [6, 6.07) is 7.83. The lowest BCUT2D eigenvalue weighted by Gasteiger charge is -2.35. The second kappa shape index (κ2) is 6.46. The Balaban J connectivity index is 1.59. The van der Waals surface area contributed by atoms with Crippen molar-refractivity contribution in [2.75, 3.05) is 32.7 Å². The van der Waals surface area contributed by atoms with Gasteiger partial charge < -0.3 is 10.0 Å². The van der Waals surface area contributed by atoms with Crippen molar-refractivity contribution in [2.45, 2.75) is 19.4 Å². The molecule has 0 radical (unpaired) electrons. The molecule has 1 fully saturated rings. The van der Waals surface area contributed by atoms with Crippen LogP contribution in [0.3, 0.4) is 0 Å². The molecule has 1 aromatic heterocycles. The summed E-state index contributed by atoms with van der Waals surface area (Å²) < 4.78 is 0. The number of piperazine rings is 1. The number of aliphatic hydroxyl groups excluding tert-OH is 1. The van der Waals surface area contributed by atoms with Crippen LogP contribution in [0.1, 0.15) is 12.6 Å². The van der Waals surface area contributed by atoms with Crippen LogP contribution >= 0.6 is 0 Å². The number of aromatic amines is 1. The third-order valence-electron chi connectivity index (χ3n) is 4.12. The van der Waals surface area contributed by atoms with Crippen molar-refractivity contribution in [1.82, 2.24) is 20.0 Å². The Kier molecular flexibility index (Phi) is 4.40. The standard InChI is InChI=1S/C16H22N4O2/c1-12(21)11-19-6-8-20(9-7-19)16(22)10-15-13-4-2-3-5-14(13)17-18-15/h2-5,12,21H,6-11H2,1H3,(H,17,18)/t12-/m1/s1. The van der Waals surface area contributed by atoms with Crippen molar-refractivity contribution in [3.63, 3.8) is 0 Å². The topological polar surface area (TPSA) is 72.5 Å². The van der Waals surface area contributed by atoms with E-state index >= 15 is 0 Å². The number of aromatic nitrogens is 2. The number of carbonyl (C=O) groups is 1. The van der Waals surface area contributed by atoms with Gasteiger partial charge in [0.05, 0.1) is 23.7 Å². The molecule has 0 aliphatic carbocycles. The van der Waals surface area contributed by atoms with E-state index < -0.39 is 0 Å². The minimum Gasteiger partial charge on any atom is -0.392 e. The molecule has 2 heterocycles. The maximum Gasteiger partial charge on any atom is 0.228 e. The average molecular weight is 302 g/mol. The molecule has 0 saturated carbocycles. The van der Waals surface area contributed by atoms with Crippen LogP contribution in [0.5, 0.6) is 0 Å². The van der Waals surface area contributed by atoms with Crippen LogP contribution in [0, 0.1) is 0 Å². The van der Waals surface area contributed by atoms with Gasteiger partial charge in [0.1, 0.15) is 0 Å². The van der Waals surface area contributed by atoms with E-state index in [-0.39, 0.29) is 12.0 Å². The normalized spacial score (nSPS) is 17.8. The van der Waals surface area contributed by atoms with Crippen molar-refractivity contribution in [2.24, 2.45) is 0 Å². The molecule has 1 atom stereocenters. The number of para-hydroxylation sites is 1. The Bertz CT molecular complexity index is 644. The number of aliphatic hydroxyl groups is 1. The molecule has 6 heteroatoms. The second-order valence-corrected chi connectivity index (χ2v) is 5.93. The fourth-order valence-corrected chi connectivity index (χ4v) is 2.97. The Morgan fingerprint density at radius 3 is 2.77 bits per heavy atom. The lowest BCUT2D eigenvalue weighted by molar-refractivity contribution is -0.132. The van der Waals surface area contributed by atoms with E-state index in [1.807, 2.05) is 29.2 Å². The molecule has 2 N–H and O–H groups in total. The number of carbonyl (C=O) groups excluding carboxylic acids is 1. The minimum atomic E-state index is -0.321. The number of hydrogen-bond donors (Lipinski definition) is 2. The van der Waals surface area contributed by atoms with Gasteiger partial charge in [-0.3, -0.25) is 14.8 Å². The molecule has 118 valence electrons. The van der Waals surface area contributed by atoms with Gasteiger partial charge in [-0.05, 0) is 13.0 Å². The third-order valence-corrected chi connectivity index (χ3v) is 4.12. The number of H-pyrrole nitrogens is 1. The Morgan fingerprint density at radius 2 is 2.05 bits per heavy atom. The summed E-state index contributed by atoms with van der Waals surface area (Å²) in [4.78, 5) is 16.5. The van der Waals surface area contributed by atoms with E-state index in [1.165, 1.54) is 0 Å². The highest BCUT2D eigenvalue weighted by Crippen LogP contribution is 2.16. The number of rotatable bonds is 4. The van der Waals surface area contributed by atoms with Gasteiger partial charge in [0.15, 0.2) is 0 Å². The largest absolute Gasteiger partial charge is 0.392 e. The van der Waals surface area contributed by atoms with Crippen molar-refractivity contribution < 1.29 is 9.90 Å². The van der Waals surface area contributed by atoms with Gasteiger partial charge in [-0.2, -0.15) is 5.10 Å². The van der Waals surface area contributed by atoms with Crippen molar-refractivity contribution >= 4 is 16.8 Å². The van der Waals surface area contributed by atoms with Crippen LogP contribution in [0.2, 0.25) is 0 Å². The number of benzene rings is 1. The predicted molar refractivity (Wildman–Crippen MR) is 84.5 cm³/mol. The molecule has 1 aromatic carbocycles. The zero-order valence-electron chi connectivity index (χ0n) is 12.8. The summed E-state index contributed by atoms with van der Waals surface area (Å²) >= 11 is 0. The fourth-order valence-electron chi connectivity index (χ4n) is 2.97. The van der Waals surface area contributed by atoms with Gasteiger partial charge in [0.2, 0.25) is 5.91 Å². The maximum atomic E-state index is 12.4. The summed E-state index contributed by atoms with van der Waals surface area (Å²) in [5.74, 6) is 0.131. The molecule has 1 saturated heterocycles. The maximum absolute atomic E-state index is 12.4. The first kappa shape index (κ1) is 15.0. The first-order valence-electron chi connectivity index (χ1n) is 7.73. The number of hydrogen-bond acceptors (Lipinski definition) is 4. The van der Waals surface area contributed by atoms with Crippen LogP contribution in [0.25, 0.3) is 10.9 Å². The smallest absolute Gasteiger partial charge is 0.228 e. The molecular formula is C16H22N4O2. The summed E-state index contributed by atoms with van der Waals surface area (Å²) in [5, 5.41) is 17.6. The quantitative estimate of drug-likeness (QED) is 0.869. The Morgan fingerprint density at radius 1 is 1.32 bits per heavy atom. The first-order chi connectivity index (χ1) is 10.6. The van der Waals surface area contributed by atoms with Gasteiger partial charge in [0, 0.05) is 38.1 Å². The molecule has 0 unspecified atom stereocenters. The highest BCUT2D eigenvalue weighted by Gasteiger charge is 2.22. The van der Waals surface area contributed by atoms with Crippen LogP contribution in [-0.4, -0.2) is 69.8 Å². The molecule has 1 amide bonds. The summed E-state index contributed by atoms with van der Waals surface area (Å²) in [6.07, 6.45) is 0.0373. The van der Waals surface area contributed by atoms with Gasteiger partial charge in [-0.15, -0.1) is 0 Å². The molecule has 1 aliphatic rings. The van der Waals surface area contributed by atoms with Crippen molar-refractivity contribution in [3.05, 3.63) is 30.0 Å². The molecule has 22 heavy (non-hydrogen) atoms. The van der Waals surface area contributed by atoms with Crippen molar-refractivity contribution in [3.8, 4) is 0 Å². The number of β-amino-alcohol motifs (C(OH)–C–C–N with tert-alkyl or cyclic N) is 1. The summed E-state index contributed by atoms with van der Waals surface area (Å²) in [6.45, 7) is 5.55. The SMILES string of the molecule is C[C@@H](O)CN1CCN(C(=O)Cc2[nH]nc3ccccc23)CC1. The fraction of sp³-hybridized carbons (Fsp3) is 0.500. The molecule has 0 spiro atoms. The molecule has 2 aromatic rings. The van der Waals surface area contributed by atoms with Crippen LogP contribution in [-0.2, 0) is 11.2 Å². The lowest BCUT2D eigenvalue weighted by atomic mass is 10.1. The van der Waals surface area contributed by atoms with E-state index in [2.05, 4.69) is 15.1 Å². The van der Waals surface area contributed by atoms with E-state index in [4.69, 9.17) is 0 Å². The Hall–Kier alpha value is -1.92. The first-order valence-corrected chi connectivity index (χ1v) is 7.73. The van der Waals surface area contributed by atoms with E-state index in [1.54, 1.807) is 6.92 Å². The van der Waals surface area contributed by atoms with Gasteiger partial charge >= 0.3 is 0 Å². The molecule has 6 nitrogen and oxygen atoms in total. The lowest BCUT2D eigenvalue weighted by Crippen LogP contribution is -2.50. The molecular weight excluding hydrogens is 280 g/mol. The second-order valence-electron chi connectivity index (χ2n) is 5.93. The van der Waals surface area contributed by atoms with Crippen molar-refractivity contribution in [1.29, 1.82) is 0 Å². The Labute approximate surface area is 129 Å². The summed E-state index contributed by atoms with van der Waals surface area (Å²) in [5.41, 5.74) is 1.78. The highest BCUT2D eigenvalue weighted by atomic mass is 16.3. The van der Waals surface area contributed by atoms with Gasteiger partial charge in [-0.25, -0.2) is 0 Å².